The average molecular weight is 381 g/mol. The van der Waals surface area contributed by atoms with Gasteiger partial charge in [0.2, 0.25) is 5.91 Å². The van der Waals surface area contributed by atoms with Crippen LogP contribution in [0.5, 0.6) is 0 Å². The van der Waals surface area contributed by atoms with Gasteiger partial charge in [-0.15, -0.1) is 0 Å². The van der Waals surface area contributed by atoms with Crippen molar-refractivity contribution in [2.45, 2.75) is 19.9 Å². The molecule has 0 saturated carbocycles. The Bertz CT molecular complexity index is 722. The standard InChI is InChI=1S/C19H28N2O4S/c1-4-26(23,24)15-16(2)20(3)19(22)10-7-17-5-8-18(9-6-17)21-11-13-25-14-12-21/h5-10,16H,4,11-15H2,1-3H3/b10-7+. The number of benzene rings is 1. The lowest BCUT2D eigenvalue weighted by Gasteiger charge is -2.28. The Hall–Kier alpha value is -1.86. The lowest BCUT2D eigenvalue weighted by Crippen LogP contribution is -2.38. The average Bonchev–Trinajstić information content (AvgIpc) is 2.66. The van der Waals surface area contributed by atoms with Gasteiger partial charge in [-0.1, -0.05) is 19.1 Å². The molecule has 0 spiro atoms. The molecule has 0 aromatic heterocycles. The first-order valence-electron chi connectivity index (χ1n) is 8.90. The van der Waals surface area contributed by atoms with Gasteiger partial charge in [0.1, 0.15) is 0 Å². The van der Waals surface area contributed by atoms with E-state index >= 15 is 0 Å². The number of anilines is 1. The van der Waals surface area contributed by atoms with Gasteiger partial charge in [-0.3, -0.25) is 4.79 Å². The van der Waals surface area contributed by atoms with E-state index in [-0.39, 0.29) is 23.5 Å². The maximum atomic E-state index is 12.3. The van der Waals surface area contributed by atoms with Crippen LogP contribution in [0.15, 0.2) is 30.3 Å². The van der Waals surface area contributed by atoms with E-state index < -0.39 is 9.84 Å². The molecule has 1 aromatic rings. The minimum Gasteiger partial charge on any atom is -0.378 e. The summed E-state index contributed by atoms with van der Waals surface area (Å²) in [4.78, 5) is 16.0. The topological polar surface area (TPSA) is 66.9 Å². The molecular formula is C19H28N2O4S. The molecule has 1 aromatic carbocycles. The Morgan fingerprint density at radius 1 is 1.27 bits per heavy atom. The second kappa shape index (κ2) is 9.19. The van der Waals surface area contributed by atoms with Crippen LogP contribution in [0.2, 0.25) is 0 Å². The molecule has 6 nitrogen and oxygen atoms in total. The Morgan fingerprint density at radius 2 is 1.88 bits per heavy atom. The summed E-state index contributed by atoms with van der Waals surface area (Å²) >= 11 is 0. The summed E-state index contributed by atoms with van der Waals surface area (Å²) in [7, 11) is -1.48. The first-order chi connectivity index (χ1) is 12.3. The van der Waals surface area contributed by atoms with Crippen molar-refractivity contribution in [1.82, 2.24) is 4.90 Å². The monoisotopic (exact) mass is 380 g/mol. The number of morpholine rings is 1. The number of ether oxygens (including phenoxy) is 1. The second-order valence-electron chi connectivity index (χ2n) is 6.52. The fourth-order valence-corrected chi connectivity index (χ4v) is 3.91. The van der Waals surface area contributed by atoms with E-state index in [4.69, 9.17) is 4.74 Å². The van der Waals surface area contributed by atoms with E-state index in [1.54, 1.807) is 27.0 Å². The number of rotatable bonds is 7. The molecular weight excluding hydrogens is 352 g/mol. The van der Waals surface area contributed by atoms with Crippen molar-refractivity contribution in [3.63, 3.8) is 0 Å². The maximum Gasteiger partial charge on any atom is 0.246 e. The molecule has 2 rings (SSSR count). The van der Waals surface area contributed by atoms with Crippen molar-refractivity contribution in [3.05, 3.63) is 35.9 Å². The highest BCUT2D eigenvalue weighted by Gasteiger charge is 2.19. The molecule has 1 fully saturated rings. The molecule has 0 N–H and O–H groups in total. The van der Waals surface area contributed by atoms with Crippen molar-refractivity contribution >= 4 is 27.5 Å². The summed E-state index contributed by atoms with van der Waals surface area (Å²) < 4.78 is 28.8. The molecule has 1 amide bonds. The zero-order chi connectivity index (χ0) is 19.2. The highest BCUT2D eigenvalue weighted by atomic mass is 32.2. The number of amides is 1. The van der Waals surface area contributed by atoms with Crippen LogP contribution in [0.3, 0.4) is 0 Å². The van der Waals surface area contributed by atoms with Crippen molar-refractivity contribution < 1.29 is 17.9 Å². The number of carbonyl (C=O) groups is 1. The highest BCUT2D eigenvalue weighted by Crippen LogP contribution is 2.17. The quantitative estimate of drug-likeness (QED) is 0.675. The van der Waals surface area contributed by atoms with E-state index in [1.807, 2.05) is 24.3 Å². The summed E-state index contributed by atoms with van der Waals surface area (Å²) in [5.41, 5.74) is 2.07. The van der Waals surface area contributed by atoms with Crippen molar-refractivity contribution in [1.29, 1.82) is 0 Å². The number of sulfone groups is 1. The minimum atomic E-state index is -3.11. The number of likely N-dealkylation sites (N-methyl/N-ethyl adjacent to an activating group) is 1. The van der Waals surface area contributed by atoms with E-state index in [0.717, 1.165) is 37.6 Å². The van der Waals surface area contributed by atoms with Crippen LogP contribution in [0.1, 0.15) is 19.4 Å². The first-order valence-corrected chi connectivity index (χ1v) is 10.7. The number of hydrogen-bond donors (Lipinski definition) is 0. The van der Waals surface area contributed by atoms with Crippen molar-refractivity contribution in [3.8, 4) is 0 Å². The molecule has 1 aliphatic rings. The van der Waals surface area contributed by atoms with Crippen LogP contribution in [-0.2, 0) is 19.4 Å². The van der Waals surface area contributed by atoms with Gasteiger partial charge in [0.15, 0.2) is 9.84 Å². The smallest absolute Gasteiger partial charge is 0.246 e. The van der Waals surface area contributed by atoms with Gasteiger partial charge in [0.25, 0.3) is 0 Å². The third-order valence-electron chi connectivity index (χ3n) is 4.63. The van der Waals surface area contributed by atoms with Crippen LogP contribution in [0, 0.1) is 0 Å². The number of nitrogens with zero attached hydrogens (tertiary/aromatic N) is 2. The molecule has 26 heavy (non-hydrogen) atoms. The largest absolute Gasteiger partial charge is 0.378 e. The van der Waals surface area contributed by atoms with E-state index in [0.29, 0.717) is 0 Å². The van der Waals surface area contributed by atoms with Gasteiger partial charge < -0.3 is 14.5 Å². The van der Waals surface area contributed by atoms with E-state index in [1.165, 1.54) is 11.0 Å². The zero-order valence-electron chi connectivity index (χ0n) is 15.7. The fourth-order valence-electron chi connectivity index (χ4n) is 2.72. The predicted molar refractivity (Wildman–Crippen MR) is 105 cm³/mol. The normalized spacial score (nSPS) is 16.7. The molecule has 1 atom stereocenters. The molecule has 1 saturated heterocycles. The van der Waals surface area contributed by atoms with E-state index in [2.05, 4.69) is 4.90 Å². The molecule has 1 heterocycles. The van der Waals surface area contributed by atoms with Crippen LogP contribution in [0.25, 0.3) is 6.08 Å². The highest BCUT2D eigenvalue weighted by molar-refractivity contribution is 7.91. The third kappa shape index (κ3) is 5.85. The maximum absolute atomic E-state index is 12.3. The minimum absolute atomic E-state index is 0.0200. The van der Waals surface area contributed by atoms with Gasteiger partial charge in [-0.25, -0.2) is 8.42 Å². The summed E-state index contributed by atoms with van der Waals surface area (Å²) in [5, 5.41) is 0. The molecule has 7 heteroatoms. The SMILES string of the molecule is CCS(=O)(=O)CC(C)N(C)C(=O)/C=C/c1ccc(N2CCOCC2)cc1. The Labute approximate surface area is 156 Å². The van der Waals surface area contributed by atoms with Crippen molar-refractivity contribution in [2.24, 2.45) is 0 Å². The first kappa shape index (κ1) is 20.5. The molecule has 144 valence electrons. The number of hydrogen-bond acceptors (Lipinski definition) is 5. The van der Waals surface area contributed by atoms with Gasteiger partial charge in [0, 0.05) is 43.7 Å². The van der Waals surface area contributed by atoms with Gasteiger partial charge in [0.05, 0.1) is 19.0 Å². The summed E-state index contributed by atoms with van der Waals surface area (Å²) in [6.07, 6.45) is 3.24. The fraction of sp³-hybridized carbons (Fsp3) is 0.526. The van der Waals surface area contributed by atoms with Crippen molar-refractivity contribution in [2.75, 3.05) is 49.8 Å². The van der Waals surface area contributed by atoms with Gasteiger partial charge in [-0.2, -0.15) is 0 Å². The molecule has 1 unspecified atom stereocenters. The molecule has 0 radical (unpaired) electrons. The Morgan fingerprint density at radius 3 is 2.46 bits per heavy atom. The van der Waals surface area contributed by atoms with Gasteiger partial charge in [-0.05, 0) is 30.7 Å². The summed E-state index contributed by atoms with van der Waals surface area (Å²) in [5.74, 6) is -0.139. The van der Waals surface area contributed by atoms with Crippen LogP contribution in [0.4, 0.5) is 5.69 Å². The molecule has 0 bridgehead atoms. The van der Waals surface area contributed by atoms with E-state index in [9.17, 15) is 13.2 Å². The molecule has 0 aliphatic carbocycles. The number of carbonyl (C=O) groups excluding carboxylic acids is 1. The molecule has 1 aliphatic heterocycles. The summed E-state index contributed by atoms with van der Waals surface area (Å²) in [6.45, 7) is 6.62. The third-order valence-corrected chi connectivity index (χ3v) is 6.50. The second-order valence-corrected chi connectivity index (χ2v) is 8.92. The van der Waals surface area contributed by atoms with Crippen LogP contribution in [-0.4, -0.2) is 70.1 Å². The lowest BCUT2D eigenvalue weighted by molar-refractivity contribution is -0.126. The summed E-state index contributed by atoms with van der Waals surface area (Å²) in [6, 6.07) is 7.66. The predicted octanol–water partition coefficient (Wildman–Crippen LogP) is 1.82. The van der Waals surface area contributed by atoms with Gasteiger partial charge >= 0.3 is 0 Å². The zero-order valence-corrected chi connectivity index (χ0v) is 16.5. The Kier molecular flexibility index (Phi) is 7.23. The lowest BCUT2D eigenvalue weighted by atomic mass is 10.1. The van der Waals surface area contributed by atoms with Crippen LogP contribution < -0.4 is 4.90 Å². The van der Waals surface area contributed by atoms with Crippen LogP contribution >= 0.6 is 0 Å². The Balaban J connectivity index is 1.94.